The van der Waals surface area contributed by atoms with Crippen LogP contribution in [-0.2, 0) is 11.8 Å². The molecule has 0 spiro atoms. The predicted molar refractivity (Wildman–Crippen MR) is 103 cm³/mol. The maximum Gasteiger partial charge on any atom is 0.229 e. The van der Waals surface area contributed by atoms with Crippen molar-refractivity contribution in [2.24, 2.45) is 7.05 Å². The van der Waals surface area contributed by atoms with Crippen LogP contribution in [0.1, 0.15) is 19.4 Å². The van der Waals surface area contributed by atoms with Gasteiger partial charge in [0.2, 0.25) is 5.95 Å². The van der Waals surface area contributed by atoms with Crippen LogP contribution in [0.3, 0.4) is 0 Å². The summed E-state index contributed by atoms with van der Waals surface area (Å²) in [5, 5.41) is 8.75. The summed E-state index contributed by atoms with van der Waals surface area (Å²) >= 11 is 0. The van der Waals surface area contributed by atoms with Gasteiger partial charge in [0, 0.05) is 25.8 Å². The summed E-state index contributed by atoms with van der Waals surface area (Å²) in [6, 6.07) is 8.18. The summed E-state index contributed by atoms with van der Waals surface area (Å²) < 4.78 is 7.63. The molecule has 0 unspecified atom stereocenters. The number of rotatable bonds is 3. The first-order valence-corrected chi connectivity index (χ1v) is 8.94. The number of fused-ring (bicyclic) bond motifs is 1. The molecule has 136 valence electrons. The maximum atomic E-state index is 5.85. The Morgan fingerprint density at radius 3 is 2.58 bits per heavy atom. The van der Waals surface area contributed by atoms with Crippen LogP contribution in [-0.4, -0.2) is 45.0 Å². The molecule has 1 aliphatic rings. The van der Waals surface area contributed by atoms with Crippen LogP contribution in [0.25, 0.3) is 11.0 Å². The van der Waals surface area contributed by atoms with Crippen molar-refractivity contribution >= 4 is 28.5 Å². The zero-order valence-electron chi connectivity index (χ0n) is 15.6. The summed E-state index contributed by atoms with van der Waals surface area (Å²) in [5.41, 5.74) is 3.02. The number of benzene rings is 1. The van der Waals surface area contributed by atoms with Gasteiger partial charge in [0.15, 0.2) is 5.65 Å². The van der Waals surface area contributed by atoms with Crippen LogP contribution in [0.15, 0.2) is 30.5 Å². The van der Waals surface area contributed by atoms with Crippen molar-refractivity contribution in [3.63, 3.8) is 0 Å². The number of aromatic nitrogens is 4. The van der Waals surface area contributed by atoms with Gasteiger partial charge in [-0.2, -0.15) is 15.1 Å². The van der Waals surface area contributed by atoms with Crippen molar-refractivity contribution in [1.29, 1.82) is 0 Å². The molecule has 1 saturated heterocycles. The van der Waals surface area contributed by atoms with Gasteiger partial charge in [-0.15, -0.1) is 0 Å². The number of hydrogen-bond donors (Lipinski definition) is 1. The highest BCUT2D eigenvalue weighted by atomic mass is 16.5. The molecule has 1 aromatic carbocycles. The van der Waals surface area contributed by atoms with Crippen molar-refractivity contribution in [3.8, 4) is 0 Å². The Hall–Kier alpha value is -2.67. The van der Waals surface area contributed by atoms with Gasteiger partial charge in [0.25, 0.3) is 0 Å². The molecule has 26 heavy (non-hydrogen) atoms. The van der Waals surface area contributed by atoms with Gasteiger partial charge < -0.3 is 15.0 Å². The lowest BCUT2D eigenvalue weighted by atomic mass is 10.2. The van der Waals surface area contributed by atoms with E-state index in [0.717, 1.165) is 35.6 Å². The first-order chi connectivity index (χ1) is 12.5. The fourth-order valence-electron chi connectivity index (χ4n) is 3.43. The molecule has 7 heteroatoms. The highest BCUT2D eigenvalue weighted by Gasteiger charge is 2.25. The minimum absolute atomic E-state index is 0.150. The lowest BCUT2D eigenvalue weighted by molar-refractivity contribution is -0.00569. The average Bonchev–Trinajstić information content (AvgIpc) is 2.97. The second-order valence-corrected chi connectivity index (χ2v) is 6.98. The van der Waals surface area contributed by atoms with Crippen LogP contribution in [0, 0.1) is 6.92 Å². The molecular weight excluding hydrogens is 328 g/mol. The number of anilines is 3. The average molecular weight is 352 g/mol. The van der Waals surface area contributed by atoms with Gasteiger partial charge in [-0.25, -0.2) is 0 Å². The Morgan fingerprint density at radius 1 is 1.12 bits per heavy atom. The zero-order valence-corrected chi connectivity index (χ0v) is 15.6. The molecule has 4 rings (SSSR count). The third-order valence-electron chi connectivity index (χ3n) is 4.68. The van der Waals surface area contributed by atoms with Crippen molar-refractivity contribution in [2.45, 2.75) is 33.0 Å². The molecule has 0 amide bonds. The highest BCUT2D eigenvalue weighted by Crippen LogP contribution is 2.28. The van der Waals surface area contributed by atoms with Crippen LogP contribution in [0.2, 0.25) is 0 Å². The number of aryl methyl sites for hydroxylation is 2. The molecule has 3 aromatic rings. The van der Waals surface area contributed by atoms with E-state index in [1.54, 1.807) is 4.68 Å². The monoisotopic (exact) mass is 352 g/mol. The highest BCUT2D eigenvalue weighted by molar-refractivity contribution is 5.89. The molecule has 0 saturated carbocycles. The normalized spacial score (nSPS) is 20.5. The van der Waals surface area contributed by atoms with Crippen LogP contribution < -0.4 is 10.2 Å². The Kier molecular flexibility index (Phi) is 4.24. The minimum Gasteiger partial charge on any atom is -0.372 e. The van der Waals surface area contributed by atoms with Crippen molar-refractivity contribution in [3.05, 3.63) is 36.0 Å². The van der Waals surface area contributed by atoms with Gasteiger partial charge in [-0.05, 0) is 32.4 Å². The SMILES string of the molecule is Cc1ccccc1Nc1nc(N2C[C@H](C)O[C@@H](C)C2)nc2c1cnn2C. The van der Waals surface area contributed by atoms with Crippen LogP contribution in [0.4, 0.5) is 17.5 Å². The molecule has 0 radical (unpaired) electrons. The lowest BCUT2D eigenvalue weighted by Crippen LogP contribution is -2.46. The van der Waals surface area contributed by atoms with E-state index in [2.05, 4.69) is 48.2 Å². The molecule has 0 bridgehead atoms. The number of nitrogens with one attached hydrogen (secondary N) is 1. The third kappa shape index (κ3) is 3.10. The number of nitrogens with zero attached hydrogens (tertiary/aromatic N) is 5. The van der Waals surface area contributed by atoms with E-state index in [0.29, 0.717) is 5.95 Å². The number of para-hydroxylation sites is 1. The molecule has 1 fully saturated rings. The van der Waals surface area contributed by atoms with E-state index < -0.39 is 0 Å². The second kappa shape index (κ2) is 6.57. The van der Waals surface area contributed by atoms with E-state index >= 15 is 0 Å². The third-order valence-corrected chi connectivity index (χ3v) is 4.68. The molecule has 2 atom stereocenters. The first kappa shape index (κ1) is 16.8. The topological polar surface area (TPSA) is 68.1 Å². The van der Waals surface area contributed by atoms with E-state index in [-0.39, 0.29) is 12.2 Å². The van der Waals surface area contributed by atoms with Gasteiger partial charge >= 0.3 is 0 Å². The quantitative estimate of drug-likeness (QED) is 0.781. The number of hydrogen-bond acceptors (Lipinski definition) is 6. The van der Waals surface area contributed by atoms with Crippen LogP contribution in [0.5, 0.6) is 0 Å². The second-order valence-electron chi connectivity index (χ2n) is 6.98. The molecule has 0 aliphatic carbocycles. The van der Waals surface area contributed by atoms with Crippen molar-refractivity contribution < 1.29 is 4.74 Å². The Bertz CT molecular complexity index is 927. The number of morpholine rings is 1. The Morgan fingerprint density at radius 2 is 1.85 bits per heavy atom. The molecule has 1 aliphatic heterocycles. The van der Waals surface area contributed by atoms with Gasteiger partial charge in [0.05, 0.1) is 23.8 Å². The van der Waals surface area contributed by atoms with E-state index in [1.807, 2.05) is 25.4 Å². The summed E-state index contributed by atoms with van der Waals surface area (Å²) in [4.78, 5) is 11.8. The van der Waals surface area contributed by atoms with E-state index in [1.165, 1.54) is 5.56 Å². The molecule has 1 N–H and O–H groups in total. The molecule has 7 nitrogen and oxygen atoms in total. The van der Waals surface area contributed by atoms with E-state index in [9.17, 15) is 0 Å². The maximum absolute atomic E-state index is 5.85. The van der Waals surface area contributed by atoms with E-state index in [4.69, 9.17) is 14.7 Å². The minimum atomic E-state index is 0.150. The standard InChI is InChI=1S/C19H24N6O/c1-12-7-5-6-8-16(12)21-17-15-9-20-24(4)18(15)23-19(22-17)25-10-13(2)26-14(3)11-25/h5-9,13-14H,10-11H2,1-4H3,(H,21,22,23)/t13-,14-/m0/s1. The predicted octanol–water partition coefficient (Wildman–Crippen LogP) is 3.03. The summed E-state index contributed by atoms with van der Waals surface area (Å²) in [7, 11) is 1.90. The molecular formula is C19H24N6O. The molecule has 2 aromatic heterocycles. The number of ether oxygens (including phenoxy) is 1. The summed E-state index contributed by atoms with van der Waals surface area (Å²) in [6.45, 7) is 7.79. The Labute approximate surface area is 153 Å². The fourth-order valence-corrected chi connectivity index (χ4v) is 3.43. The zero-order chi connectivity index (χ0) is 18.3. The first-order valence-electron chi connectivity index (χ1n) is 8.94. The fraction of sp³-hybridized carbons (Fsp3) is 0.421. The van der Waals surface area contributed by atoms with Crippen molar-refractivity contribution in [1.82, 2.24) is 19.7 Å². The van der Waals surface area contributed by atoms with Gasteiger partial charge in [-0.1, -0.05) is 18.2 Å². The molecule has 3 heterocycles. The van der Waals surface area contributed by atoms with Gasteiger partial charge in [0.1, 0.15) is 5.82 Å². The smallest absolute Gasteiger partial charge is 0.229 e. The van der Waals surface area contributed by atoms with Crippen molar-refractivity contribution in [2.75, 3.05) is 23.3 Å². The summed E-state index contributed by atoms with van der Waals surface area (Å²) in [5.74, 6) is 1.48. The Balaban J connectivity index is 1.78. The largest absolute Gasteiger partial charge is 0.372 e. The van der Waals surface area contributed by atoms with Crippen LogP contribution >= 0.6 is 0 Å². The summed E-state index contributed by atoms with van der Waals surface area (Å²) in [6.07, 6.45) is 2.11. The lowest BCUT2D eigenvalue weighted by Gasteiger charge is -2.35. The van der Waals surface area contributed by atoms with Gasteiger partial charge in [-0.3, -0.25) is 4.68 Å².